The summed E-state index contributed by atoms with van der Waals surface area (Å²) in [6, 6.07) is 10.1. The Hall–Kier alpha value is -2.36. The highest BCUT2D eigenvalue weighted by molar-refractivity contribution is 5.77. The molecule has 0 aliphatic rings. The molecule has 0 fully saturated rings. The Morgan fingerprint density at radius 2 is 2.16 bits per heavy atom. The predicted molar refractivity (Wildman–Crippen MR) is 75.0 cm³/mol. The number of fused-ring (bicyclic) bond motifs is 1. The Morgan fingerprint density at radius 3 is 2.95 bits per heavy atom. The first-order valence-electron chi connectivity index (χ1n) is 6.26. The molecule has 4 nitrogen and oxygen atoms in total. The average molecular weight is 253 g/mol. The highest BCUT2D eigenvalue weighted by Gasteiger charge is 2.07. The van der Waals surface area contributed by atoms with Gasteiger partial charge >= 0.3 is 0 Å². The highest BCUT2D eigenvalue weighted by atomic mass is 16.3. The van der Waals surface area contributed by atoms with E-state index in [1.807, 2.05) is 37.4 Å². The van der Waals surface area contributed by atoms with Crippen molar-refractivity contribution in [3.8, 4) is 0 Å². The second kappa shape index (κ2) is 4.72. The molecule has 1 unspecified atom stereocenters. The van der Waals surface area contributed by atoms with Crippen molar-refractivity contribution >= 4 is 16.8 Å². The van der Waals surface area contributed by atoms with Crippen molar-refractivity contribution in [1.29, 1.82) is 0 Å². The standard InChI is InChI=1S/C15H15N3O/c1-10(12-4-3-7-16-9-12)17-13-5-6-15-14(8-13)18-11(2)19-15/h3-10,17H,1-2H3. The summed E-state index contributed by atoms with van der Waals surface area (Å²) in [5, 5.41) is 3.44. The Bertz CT molecular complexity index is 691. The highest BCUT2D eigenvalue weighted by Crippen LogP contribution is 2.23. The molecule has 1 atom stereocenters. The minimum atomic E-state index is 0.194. The Kier molecular flexibility index (Phi) is 2.91. The number of benzene rings is 1. The molecular formula is C15H15N3O. The van der Waals surface area contributed by atoms with Gasteiger partial charge < -0.3 is 9.73 Å². The van der Waals surface area contributed by atoms with Crippen molar-refractivity contribution in [3.05, 3.63) is 54.2 Å². The first-order valence-corrected chi connectivity index (χ1v) is 6.26. The summed E-state index contributed by atoms with van der Waals surface area (Å²) in [7, 11) is 0. The van der Waals surface area contributed by atoms with Gasteiger partial charge in [-0.2, -0.15) is 0 Å². The normalized spacial score (nSPS) is 12.5. The maximum absolute atomic E-state index is 5.46. The summed E-state index contributed by atoms with van der Waals surface area (Å²) < 4.78 is 5.46. The van der Waals surface area contributed by atoms with Crippen LogP contribution >= 0.6 is 0 Å². The van der Waals surface area contributed by atoms with E-state index in [4.69, 9.17) is 4.42 Å². The van der Waals surface area contributed by atoms with Gasteiger partial charge in [0.05, 0.1) is 6.04 Å². The van der Waals surface area contributed by atoms with Crippen molar-refractivity contribution in [3.63, 3.8) is 0 Å². The number of anilines is 1. The van der Waals surface area contributed by atoms with Crippen molar-refractivity contribution in [2.24, 2.45) is 0 Å². The molecule has 4 heteroatoms. The number of rotatable bonds is 3. The van der Waals surface area contributed by atoms with Crippen molar-refractivity contribution in [2.45, 2.75) is 19.9 Å². The Morgan fingerprint density at radius 1 is 1.26 bits per heavy atom. The number of oxazole rings is 1. The van der Waals surface area contributed by atoms with Crippen LogP contribution in [0.25, 0.3) is 11.1 Å². The minimum Gasteiger partial charge on any atom is -0.441 e. The molecule has 2 heterocycles. The summed E-state index contributed by atoms with van der Waals surface area (Å²) >= 11 is 0. The first kappa shape index (κ1) is 11.7. The second-order valence-corrected chi connectivity index (χ2v) is 4.57. The first-order chi connectivity index (χ1) is 9.22. The van der Waals surface area contributed by atoms with Crippen molar-refractivity contribution in [1.82, 2.24) is 9.97 Å². The smallest absolute Gasteiger partial charge is 0.192 e. The van der Waals surface area contributed by atoms with Gasteiger partial charge in [0.25, 0.3) is 0 Å². The third kappa shape index (κ3) is 2.42. The summed E-state index contributed by atoms with van der Waals surface area (Å²) in [5.74, 6) is 0.687. The lowest BCUT2D eigenvalue weighted by Gasteiger charge is -2.14. The van der Waals surface area contributed by atoms with Gasteiger partial charge in [0.15, 0.2) is 11.5 Å². The van der Waals surface area contributed by atoms with Crippen LogP contribution in [0.3, 0.4) is 0 Å². The lowest BCUT2D eigenvalue weighted by atomic mass is 10.1. The van der Waals surface area contributed by atoms with Crippen molar-refractivity contribution in [2.75, 3.05) is 5.32 Å². The number of nitrogens with zero attached hydrogens (tertiary/aromatic N) is 2. The summed E-state index contributed by atoms with van der Waals surface area (Å²) in [6.07, 6.45) is 3.65. The molecule has 0 aliphatic carbocycles. The van der Waals surface area contributed by atoms with Gasteiger partial charge in [-0.3, -0.25) is 4.98 Å². The molecule has 3 rings (SSSR count). The van der Waals surface area contributed by atoms with Gasteiger partial charge in [0, 0.05) is 25.0 Å². The van der Waals surface area contributed by atoms with Crippen LogP contribution in [-0.4, -0.2) is 9.97 Å². The van der Waals surface area contributed by atoms with E-state index in [0.717, 1.165) is 22.4 Å². The van der Waals surface area contributed by atoms with Crippen LogP contribution in [0.4, 0.5) is 5.69 Å². The largest absolute Gasteiger partial charge is 0.441 e. The number of aryl methyl sites for hydroxylation is 1. The third-order valence-corrected chi connectivity index (χ3v) is 3.06. The Labute approximate surface area is 111 Å². The van der Waals surface area contributed by atoms with E-state index in [2.05, 4.69) is 28.3 Å². The summed E-state index contributed by atoms with van der Waals surface area (Å²) in [5.41, 5.74) is 3.87. The van der Waals surface area contributed by atoms with Crippen LogP contribution in [0.5, 0.6) is 0 Å². The fourth-order valence-electron chi connectivity index (χ4n) is 2.10. The van der Waals surface area contributed by atoms with Crippen LogP contribution in [0, 0.1) is 6.92 Å². The van der Waals surface area contributed by atoms with E-state index in [-0.39, 0.29) is 6.04 Å². The lowest BCUT2D eigenvalue weighted by molar-refractivity contribution is 0.561. The Balaban J connectivity index is 1.85. The number of nitrogens with one attached hydrogen (secondary N) is 1. The molecule has 0 spiro atoms. The van der Waals surface area contributed by atoms with Gasteiger partial charge in [0.2, 0.25) is 0 Å². The molecule has 1 N–H and O–H groups in total. The fourth-order valence-corrected chi connectivity index (χ4v) is 2.10. The molecule has 0 saturated carbocycles. The van der Waals surface area contributed by atoms with E-state index >= 15 is 0 Å². The van der Waals surface area contributed by atoms with Crippen LogP contribution in [-0.2, 0) is 0 Å². The van der Waals surface area contributed by atoms with E-state index in [1.165, 1.54) is 0 Å². The number of aromatic nitrogens is 2. The van der Waals surface area contributed by atoms with Gasteiger partial charge in [-0.1, -0.05) is 6.07 Å². The van der Waals surface area contributed by atoms with Crippen LogP contribution in [0.1, 0.15) is 24.4 Å². The SMILES string of the molecule is Cc1nc2cc(NC(C)c3cccnc3)ccc2o1. The molecular weight excluding hydrogens is 238 g/mol. The molecule has 96 valence electrons. The predicted octanol–water partition coefficient (Wildman–Crippen LogP) is 3.70. The van der Waals surface area contributed by atoms with Gasteiger partial charge in [-0.25, -0.2) is 4.98 Å². The molecule has 0 amide bonds. The van der Waals surface area contributed by atoms with Crippen LogP contribution in [0.15, 0.2) is 47.1 Å². The summed E-state index contributed by atoms with van der Waals surface area (Å²) in [4.78, 5) is 8.47. The zero-order chi connectivity index (χ0) is 13.2. The monoisotopic (exact) mass is 253 g/mol. The molecule has 2 aromatic heterocycles. The minimum absolute atomic E-state index is 0.194. The number of hydrogen-bond donors (Lipinski definition) is 1. The average Bonchev–Trinajstić information content (AvgIpc) is 2.79. The molecule has 3 aromatic rings. The summed E-state index contributed by atoms with van der Waals surface area (Å²) in [6.45, 7) is 3.96. The lowest BCUT2D eigenvalue weighted by Crippen LogP contribution is -2.06. The van der Waals surface area contributed by atoms with E-state index in [1.54, 1.807) is 6.20 Å². The molecule has 1 aromatic carbocycles. The van der Waals surface area contributed by atoms with Gasteiger partial charge in [-0.05, 0) is 36.8 Å². The third-order valence-electron chi connectivity index (χ3n) is 3.06. The number of hydrogen-bond acceptors (Lipinski definition) is 4. The zero-order valence-corrected chi connectivity index (χ0v) is 10.9. The maximum atomic E-state index is 5.46. The quantitative estimate of drug-likeness (QED) is 0.773. The second-order valence-electron chi connectivity index (χ2n) is 4.57. The van der Waals surface area contributed by atoms with Crippen LogP contribution < -0.4 is 5.32 Å². The van der Waals surface area contributed by atoms with Gasteiger partial charge in [-0.15, -0.1) is 0 Å². The zero-order valence-electron chi connectivity index (χ0n) is 10.9. The fraction of sp³-hybridized carbons (Fsp3) is 0.200. The van der Waals surface area contributed by atoms with E-state index in [0.29, 0.717) is 5.89 Å². The molecule has 0 aliphatic heterocycles. The van der Waals surface area contributed by atoms with E-state index in [9.17, 15) is 0 Å². The van der Waals surface area contributed by atoms with Crippen molar-refractivity contribution < 1.29 is 4.42 Å². The molecule has 0 bridgehead atoms. The van der Waals surface area contributed by atoms with Crippen LogP contribution in [0.2, 0.25) is 0 Å². The van der Waals surface area contributed by atoms with Gasteiger partial charge in [0.1, 0.15) is 5.52 Å². The topological polar surface area (TPSA) is 51.0 Å². The van der Waals surface area contributed by atoms with E-state index < -0.39 is 0 Å². The molecule has 0 saturated heterocycles. The maximum Gasteiger partial charge on any atom is 0.192 e. The molecule has 19 heavy (non-hydrogen) atoms. The number of pyridine rings is 1. The molecule has 0 radical (unpaired) electrons.